The van der Waals surface area contributed by atoms with Crippen molar-refractivity contribution >= 4 is 17.0 Å². The molecular formula is C11H20BrN. The third-order valence-corrected chi connectivity index (χ3v) is 2.55. The van der Waals surface area contributed by atoms with Gasteiger partial charge in [-0.25, -0.2) is 0 Å². The zero-order valence-corrected chi connectivity index (χ0v) is 9.96. The molecule has 0 aromatic rings. The summed E-state index contributed by atoms with van der Waals surface area (Å²) in [6, 6.07) is 0.731. The maximum absolute atomic E-state index is 3.80. The summed E-state index contributed by atoms with van der Waals surface area (Å²) in [7, 11) is 0. The maximum atomic E-state index is 3.80. The molecule has 13 heavy (non-hydrogen) atoms. The summed E-state index contributed by atoms with van der Waals surface area (Å²) >= 11 is 0. The number of halogens is 1. The molecule has 0 amide bonds. The van der Waals surface area contributed by atoms with E-state index < -0.39 is 0 Å². The topological polar surface area (TPSA) is 3.24 Å². The second-order valence-electron chi connectivity index (χ2n) is 3.46. The minimum atomic E-state index is 0. The van der Waals surface area contributed by atoms with Crippen LogP contribution in [0, 0.1) is 0 Å². The van der Waals surface area contributed by atoms with Gasteiger partial charge >= 0.3 is 0 Å². The molecule has 0 aromatic heterocycles. The molecule has 1 fully saturated rings. The second kappa shape index (κ2) is 7.34. The second-order valence-corrected chi connectivity index (χ2v) is 3.46. The molecule has 1 heterocycles. The monoisotopic (exact) mass is 245 g/mol. The molecular weight excluding hydrogens is 226 g/mol. The standard InChI is InChI=1S/C11H19N.BrH/c1-3-7-11-8-5-6-10-12(11)9-4-2;/h3-4,11H,1-2,5-10H2;1H. The fourth-order valence-electron chi connectivity index (χ4n) is 1.93. The SMILES string of the molecule is Br.C=CCC1CCCCN1CC=C. The molecule has 0 radical (unpaired) electrons. The predicted molar refractivity (Wildman–Crippen MR) is 64.5 cm³/mol. The highest BCUT2D eigenvalue weighted by molar-refractivity contribution is 8.93. The van der Waals surface area contributed by atoms with Crippen LogP contribution >= 0.6 is 17.0 Å². The molecule has 0 aromatic carbocycles. The van der Waals surface area contributed by atoms with Crippen LogP contribution in [0.3, 0.4) is 0 Å². The number of piperidine rings is 1. The Balaban J connectivity index is 0.00000144. The Morgan fingerprint density at radius 1 is 1.23 bits per heavy atom. The van der Waals surface area contributed by atoms with Gasteiger partial charge in [0.25, 0.3) is 0 Å². The van der Waals surface area contributed by atoms with Crippen molar-refractivity contribution in [1.82, 2.24) is 4.90 Å². The van der Waals surface area contributed by atoms with Crippen LogP contribution in [0.2, 0.25) is 0 Å². The average molecular weight is 246 g/mol. The van der Waals surface area contributed by atoms with E-state index in [0.717, 1.165) is 19.0 Å². The van der Waals surface area contributed by atoms with E-state index in [1.54, 1.807) is 0 Å². The summed E-state index contributed by atoms with van der Waals surface area (Å²) < 4.78 is 0. The minimum Gasteiger partial charge on any atom is -0.296 e. The van der Waals surface area contributed by atoms with Crippen molar-refractivity contribution in [3.05, 3.63) is 25.3 Å². The van der Waals surface area contributed by atoms with Crippen LogP contribution in [0.25, 0.3) is 0 Å². The van der Waals surface area contributed by atoms with Crippen LogP contribution in [0.4, 0.5) is 0 Å². The van der Waals surface area contributed by atoms with Crippen LogP contribution in [0.5, 0.6) is 0 Å². The molecule has 1 unspecified atom stereocenters. The number of hydrogen-bond acceptors (Lipinski definition) is 1. The lowest BCUT2D eigenvalue weighted by molar-refractivity contribution is 0.166. The van der Waals surface area contributed by atoms with E-state index in [9.17, 15) is 0 Å². The fraction of sp³-hybridized carbons (Fsp3) is 0.636. The smallest absolute Gasteiger partial charge is 0.0163 e. The number of rotatable bonds is 4. The Hall–Kier alpha value is -0.0800. The highest BCUT2D eigenvalue weighted by Crippen LogP contribution is 2.19. The van der Waals surface area contributed by atoms with Gasteiger partial charge in [-0.15, -0.1) is 30.1 Å². The average Bonchev–Trinajstić information content (AvgIpc) is 2.09. The first-order valence-corrected chi connectivity index (χ1v) is 4.84. The molecule has 0 spiro atoms. The van der Waals surface area contributed by atoms with Crippen LogP contribution in [0.1, 0.15) is 25.7 Å². The van der Waals surface area contributed by atoms with Gasteiger partial charge in [0.15, 0.2) is 0 Å². The van der Waals surface area contributed by atoms with Gasteiger partial charge in [0, 0.05) is 12.6 Å². The number of likely N-dealkylation sites (tertiary alicyclic amines) is 1. The quantitative estimate of drug-likeness (QED) is 0.688. The summed E-state index contributed by atoms with van der Waals surface area (Å²) in [5.74, 6) is 0. The maximum Gasteiger partial charge on any atom is 0.0163 e. The van der Waals surface area contributed by atoms with E-state index in [1.807, 2.05) is 12.2 Å². The highest BCUT2D eigenvalue weighted by atomic mass is 79.9. The molecule has 1 nitrogen and oxygen atoms in total. The molecule has 2 heteroatoms. The van der Waals surface area contributed by atoms with Crippen LogP contribution in [0.15, 0.2) is 25.3 Å². The Bertz CT molecular complexity index is 138. The Morgan fingerprint density at radius 3 is 2.62 bits per heavy atom. The fourth-order valence-corrected chi connectivity index (χ4v) is 1.93. The molecule has 1 aliphatic heterocycles. The minimum absolute atomic E-state index is 0. The van der Waals surface area contributed by atoms with E-state index in [1.165, 1.54) is 25.8 Å². The van der Waals surface area contributed by atoms with Gasteiger partial charge < -0.3 is 0 Å². The van der Waals surface area contributed by atoms with Crippen LogP contribution in [-0.4, -0.2) is 24.0 Å². The molecule has 0 N–H and O–H groups in total. The Labute approximate surface area is 92.3 Å². The first-order valence-electron chi connectivity index (χ1n) is 4.84. The molecule has 76 valence electrons. The third-order valence-electron chi connectivity index (χ3n) is 2.55. The van der Waals surface area contributed by atoms with Crippen molar-refractivity contribution in [2.24, 2.45) is 0 Å². The van der Waals surface area contributed by atoms with Gasteiger partial charge in [0.1, 0.15) is 0 Å². The van der Waals surface area contributed by atoms with Gasteiger partial charge in [0.05, 0.1) is 0 Å². The Kier molecular flexibility index (Phi) is 7.29. The number of nitrogens with zero attached hydrogens (tertiary/aromatic N) is 1. The van der Waals surface area contributed by atoms with E-state index in [-0.39, 0.29) is 17.0 Å². The first kappa shape index (κ1) is 12.9. The summed E-state index contributed by atoms with van der Waals surface area (Å²) in [6.45, 7) is 9.86. The normalized spacial score (nSPS) is 23.2. The summed E-state index contributed by atoms with van der Waals surface area (Å²) in [6.07, 6.45) is 9.23. The van der Waals surface area contributed by atoms with Crippen molar-refractivity contribution in [1.29, 1.82) is 0 Å². The van der Waals surface area contributed by atoms with Crippen molar-refractivity contribution in [3.8, 4) is 0 Å². The third kappa shape index (κ3) is 4.10. The number of hydrogen-bond donors (Lipinski definition) is 0. The molecule has 0 bridgehead atoms. The van der Waals surface area contributed by atoms with E-state index in [0.29, 0.717) is 0 Å². The van der Waals surface area contributed by atoms with Crippen molar-refractivity contribution < 1.29 is 0 Å². The lowest BCUT2D eigenvalue weighted by Crippen LogP contribution is -2.39. The predicted octanol–water partition coefficient (Wildman–Crippen LogP) is 3.18. The highest BCUT2D eigenvalue weighted by Gasteiger charge is 2.19. The van der Waals surface area contributed by atoms with E-state index >= 15 is 0 Å². The molecule has 0 saturated carbocycles. The van der Waals surface area contributed by atoms with Gasteiger partial charge in [-0.3, -0.25) is 4.90 Å². The van der Waals surface area contributed by atoms with Gasteiger partial charge in [-0.05, 0) is 25.8 Å². The van der Waals surface area contributed by atoms with Crippen molar-refractivity contribution in [3.63, 3.8) is 0 Å². The summed E-state index contributed by atoms with van der Waals surface area (Å²) in [5, 5.41) is 0. The molecule has 0 aliphatic carbocycles. The largest absolute Gasteiger partial charge is 0.296 e. The van der Waals surface area contributed by atoms with Crippen LogP contribution < -0.4 is 0 Å². The molecule has 1 atom stereocenters. The summed E-state index contributed by atoms with van der Waals surface area (Å²) in [4.78, 5) is 2.51. The lowest BCUT2D eigenvalue weighted by Gasteiger charge is -2.34. The molecule has 1 saturated heterocycles. The van der Waals surface area contributed by atoms with Gasteiger partial charge in [-0.1, -0.05) is 18.6 Å². The zero-order valence-electron chi connectivity index (χ0n) is 8.24. The first-order chi connectivity index (χ1) is 5.88. The van der Waals surface area contributed by atoms with E-state index in [4.69, 9.17) is 0 Å². The van der Waals surface area contributed by atoms with Gasteiger partial charge in [0.2, 0.25) is 0 Å². The van der Waals surface area contributed by atoms with Crippen molar-refractivity contribution in [2.75, 3.05) is 13.1 Å². The lowest BCUT2D eigenvalue weighted by atomic mass is 9.99. The Morgan fingerprint density at radius 2 is 2.00 bits per heavy atom. The molecule has 1 aliphatic rings. The zero-order chi connectivity index (χ0) is 8.81. The van der Waals surface area contributed by atoms with E-state index in [2.05, 4.69) is 18.1 Å². The van der Waals surface area contributed by atoms with Crippen molar-refractivity contribution in [2.45, 2.75) is 31.7 Å². The summed E-state index contributed by atoms with van der Waals surface area (Å²) in [5.41, 5.74) is 0. The van der Waals surface area contributed by atoms with Gasteiger partial charge in [-0.2, -0.15) is 0 Å². The van der Waals surface area contributed by atoms with Crippen LogP contribution in [-0.2, 0) is 0 Å². The molecule has 1 rings (SSSR count).